The highest BCUT2D eigenvalue weighted by Crippen LogP contribution is 2.45. The molecule has 2 aromatic rings. The Hall–Kier alpha value is -3.26. The number of hydrogen-bond donors (Lipinski definition) is 2. The number of dihydropyridines is 1. The van der Waals surface area contributed by atoms with Crippen LogP contribution in [-0.4, -0.2) is 18.8 Å². The van der Waals surface area contributed by atoms with E-state index in [-0.39, 0.29) is 22.1 Å². The quantitative estimate of drug-likeness (QED) is 0.553. The van der Waals surface area contributed by atoms with Gasteiger partial charge < -0.3 is 15.4 Å². The average Bonchev–Trinajstić information content (AvgIpc) is 2.79. The summed E-state index contributed by atoms with van der Waals surface area (Å²) in [4.78, 5) is 26.5. The molecule has 1 aliphatic heterocycles. The molecule has 178 valence electrons. The van der Waals surface area contributed by atoms with Gasteiger partial charge in [0.15, 0.2) is 5.78 Å². The van der Waals surface area contributed by atoms with Gasteiger partial charge in [-0.25, -0.2) is 0 Å². The van der Waals surface area contributed by atoms with E-state index in [1.807, 2.05) is 0 Å². The van der Waals surface area contributed by atoms with Gasteiger partial charge in [0.05, 0.1) is 29.3 Å². The van der Waals surface area contributed by atoms with Gasteiger partial charge in [0, 0.05) is 34.5 Å². The summed E-state index contributed by atoms with van der Waals surface area (Å²) >= 11 is 6.10. The van der Waals surface area contributed by atoms with Gasteiger partial charge >= 0.3 is 6.18 Å². The van der Waals surface area contributed by atoms with E-state index in [4.69, 9.17) is 16.3 Å². The molecule has 34 heavy (non-hydrogen) atoms. The van der Waals surface area contributed by atoms with Crippen molar-refractivity contribution >= 4 is 29.0 Å². The molecule has 0 saturated carbocycles. The van der Waals surface area contributed by atoms with Crippen LogP contribution in [0.4, 0.5) is 18.9 Å². The van der Waals surface area contributed by atoms with Crippen LogP contribution in [0.15, 0.2) is 65.0 Å². The first-order valence-corrected chi connectivity index (χ1v) is 11.0. The second-order valence-corrected chi connectivity index (χ2v) is 8.56. The number of Topliss-reactive ketones (excluding diaryl/α,β-unsaturated/α-hetero) is 1. The number of amides is 1. The number of carbonyl (C=O) groups is 2. The Bertz CT molecular complexity index is 1230. The third-order valence-electron chi connectivity index (χ3n) is 6.01. The van der Waals surface area contributed by atoms with Crippen LogP contribution in [0.1, 0.15) is 43.2 Å². The summed E-state index contributed by atoms with van der Waals surface area (Å²) in [5, 5.41) is 5.67. The molecule has 2 N–H and O–H groups in total. The average molecular weight is 491 g/mol. The molecule has 0 saturated heterocycles. The molecule has 0 spiro atoms. The smallest absolute Gasteiger partial charge is 0.416 e. The molecule has 0 bridgehead atoms. The van der Waals surface area contributed by atoms with Crippen LogP contribution in [0.2, 0.25) is 5.02 Å². The number of para-hydroxylation sites is 1. The van der Waals surface area contributed by atoms with Crippen molar-refractivity contribution in [2.45, 2.75) is 38.3 Å². The standard InChI is InChI=1S/C25H22ClF3N2O3/c1-13-21(24(33)31-18-12-14(25(27,28)29)10-11-16(18)26)22(15-6-3-4-9-20(15)34-2)23-17(30-13)7-5-8-19(23)32/h3-4,6,9-12,22,30H,5,7-8H2,1-2H3,(H,31,33). The lowest BCUT2D eigenvalue weighted by Crippen LogP contribution is -2.35. The largest absolute Gasteiger partial charge is 0.496 e. The third-order valence-corrected chi connectivity index (χ3v) is 6.34. The van der Waals surface area contributed by atoms with E-state index in [0.29, 0.717) is 41.8 Å². The number of allylic oxidation sites excluding steroid dienone is 3. The molecule has 0 radical (unpaired) electrons. The van der Waals surface area contributed by atoms with E-state index in [2.05, 4.69) is 10.6 Å². The van der Waals surface area contributed by atoms with E-state index >= 15 is 0 Å². The number of nitrogens with one attached hydrogen (secondary N) is 2. The number of rotatable bonds is 4. The number of methoxy groups -OCH3 is 1. The lowest BCUT2D eigenvalue weighted by Gasteiger charge is -2.35. The first-order valence-electron chi connectivity index (χ1n) is 10.7. The van der Waals surface area contributed by atoms with Crippen LogP contribution < -0.4 is 15.4 Å². The second-order valence-electron chi connectivity index (χ2n) is 8.15. The fraction of sp³-hybridized carbons (Fsp3) is 0.280. The van der Waals surface area contributed by atoms with E-state index in [0.717, 1.165) is 23.9 Å². The Kier molecular flexibility index (Phi) is 6.45. The lowest BCUT2D eigenvalue weighted by molar-refractivity contribution is -0.137. The van der Waals surface area contributed by atoms with E-state index in [1.54, 1.807) is 31.2 Å². The lowest BCUT2D eigenvalue weighted by atomic mass is 9.74. The van der Waals surface area contributed by atoms with E-state index < -0.39 is 23.6 Å². The summed E-state index contributed by atoms with van der Waals surface area (Å²) in [5.74, 6) is -0.994. The van der Waals surface area contributed by atoms with E-state index in [1.165, 1.54) is 7.11 Å². The normalized spacial score (nSPS) is 18.4. The van der Waals surface area contributed by atoms with Crippen molar-refractivity contribution in [2.24, 2.45) is 0 Å². The topological polar surface area (TPSA) is 67.4 Å². The van der Waals surface area contributed by atoms with Crippen molar-refractivity contribution in [1.29, 1.82) is 0 Å². The van der Waals surface area contributed by atoms with Crippen LogP contribution >= 0.6 is 11.6 Å². The first kappa shape index (κ1) is 23.9. The number of anilines is 1. The zero-order chi connectivity index (χ0) is 24.6. The fourth-order valence-corrected chi connectivity index (χ4v) is 4.65. The molecule has 1 atom stereocenters. The minimum Gasteiger partial charge on any atom is -0.496 e. The predicted molar refractivity (Wildman–Crippen MR) is 123 cm³/mol. The third kappa shape index (κ3) is 4.42. The highest BCUT2D eigenvalue weighted by molar-refractivity contribution is 6.34. The number of halogens is 4. The maximum atomic E-state index is 13.5. The van der Waals surface area contributed by atoms with Crippen molar-refractivity contribution in [1.82, 2.24) is 5.32 Å². The number of alkyl halides is 3. The SMILES string of the molecule is COc1ccccc1C1C(C(=O)Nc2cc(C(F)(F)F)ccc2Cl)=C(C)NC2=C1C(=O)CCC2. The second kappa shape index (κ2) is 9.18. The molecular formula is C25H22ClF3N2O3. The molecule has 5 nitrogen and oxygen atoms in total. The Labute approximate surface area is 199 Å². The van der Waals surface area contributed by atoms with Crippen molar-refractivity contribution in [3.05, 3.63) is 81.2 Å². The molecule has 1 amide bonds. The van der Waals surface area contributed by atoms with Gasteiger partial charge in [-0.1, -0.05) is 29.8 Å². The van der Waals surface area contributed by atoms with Crippen molar-refractivity contribution in [3.8, 4) is 5.75 Å². The molecule has 1 unspecified atom stereocenters. The van der Waals surface area contributed by atoms with E-state index in [9.17, 15) is 22.8 Å². The summed E-state index contributed by atoms with van der Waals surface area (Å²) in [6.45, 7) is 1.70. The van der Waals surface area contributed by atoms with Crippen LogP contribution in [-0.2, 0) is 15.8 Å². The Morgan fingerprint density at radius 2 is 1.91 bits per heavy atom. The highest BCUT2D eigenvalue weighted by atomic mass is 35.5. The van der Waals surface area contributed by atoms with Crippen molar-refractivity contribution in [3.63, 3.8) is 0 Å². The molecule has 1 aliphatic carbocycles. The first-order chi connectivity index (χ1) is 16.1. The van der Waals surface area contributed by atoms with Crippen LogP contribution in [0.5, 0.6) is 5.75 Å². The molecule has 9 heteroatoms. The molecule has 1 heterocycles. The highest BCUT2D eigenvalue weighted by Gasteiger charge is 2.40. The summed E-state index contributed by atoms with van der Waals surface area (Å²) < 4.78 is 45.2. The Morgan fingerprint density at radius 3 is 2.62 bits per heavy atom. The molecule has 2 aliphatic rings. The minimum absolute atomic E-state index is 0.0362. The maximum Gasteiger partial charge on any atom is 0.416 e. The van der Waals surface area contributed by atoms with Gasteiger partial charge in [-0.2, -0.15) is 13.2 Å². The molecule has 0 fully saturated rings. The molecular weight excluding hydrogens is 469 g/mol. The van der Waals surface area contributed by atoms with Crippen LogP contribution in [0.25, 0.3) is 0 Å². The van der Waals surface area contributed by atoms with Gasteiger partial charge in [-0.3, -0.25) is 9.59 Å². The fourth-order valence-electron chi connectivity index (χ4n) is 4.49. The number of ether oxygens (including phenoxy) is 1. The monoisotopic (exact) mass is 490 g/mol. The zero-order valence-electron chi connectivity index (χ0n) is 18.5. The predicted octanol–water partition coefficient (Wildman–Crippen LogP) is 5.97. The minimum atomic E-state index is -4.60. The van der Waals surface area contributed by atoms with Crippen LogP contribution in [0, 0.1) is 0 Å². The summed E-state index contributed by atoms with van der Waals surface area (Å²) in [5.41, 5.74) is 1.45. The molecule has 0 aromatic heterocycles. The summed E-state index contributed by atoms with van der Waals surface area (Å²) in [6.07, 6.45) is -2.91. The van der Waals surface area contributed by atoms with Crippen LogP contribution in [0.3, 0.4) is 0 Å². The van der Waals surface area contributed by atoms with Gasteiger partial charge in [0.25, 0.3) is 5.91 Å². The summed E-state index contributed by atoms with van der Waals surface area (Å²) in [6, 6.07) is 9.80. The van der Waals surface area contributed by atoms with Gasteiger partial charge in [0.2, 0.25) is 0 Å². The summed E-state index contributed by atoms with van der Waals surface area (Å²) in [7, 11) is 1.50. The Morgan fingerprint density at radius 1 is 1.18 bits per heavy atom. The number of ketones is 1. The van der Waals surface area contributed by atoms with Gasteiger partial charge in [0.1, 0.15) is 5.75 Å². The van der Waals surface area contributed by atoms with Crippen molar-refractivity contribution in [2.75, 3.05) is 12.4 Å². The molecule has 4 rings (SSSR count). The zero-order valence-corrected chi connectivity index (χ0v) is 19.2. The van der Waals surface area contributed by atoms with Crippen molar-refractivity contribution < 1.29 is 27.5 Å². The van der Waals surface area contributed by atoms with Gasteiger partial charge in [-0.15, -0.1) is 0 Å². The number of benzene rings is 2. The maximum absolute atomic E-state index is 13.5. The Balaban J connectivity index is 1.81. The molecule has 2 aromatic carbocycles. The van der Waals surface area contributed by atoms with Gasteiger partial charge in [-0.05, 0) is 44.0 Å². The number of carbonyl (C=O) groups excluding carboxylic acids is 2. The number of hydrogen-bond acceptors (Lipinski definition) is 4.